The lowest BCUT2D eigenvalue weighted by molar-refractivity contribution is 0.239. The standard InChI is InChI=1S/C5H7NO2/c7-2-4-1-6-5(4)3-8/h5-6,8H,1,3H2. The van der Waals surface area contributed by atoms with Crippen LogP contribution in [0.3, 0.4) is 0 Å². The largest absolute Gasteiger partial charge is 0.394 e. The molecule has 1 atom stereocenters. The van der Waals surface area contributed by atoms with Gasteiger partial charge in [-0.25, -0.2) is 4.79 Å². The molecule has 3 nitrogen and oxygen atoms in total. The summed E-state index contributed by atoms with van der Waals surface area (Å²) in [5, 5.41) is 11.3. The molecule has 1 fully saturated rings. The molecule has 44 valence electrons. The van der Waals surface area contributed by atoms with Crippen molar-refractivity contribution in [2.75, 3.05) is 13.2 Å². The maximum Gasteiger partial charge on any atom is 0.126 e. The minimum atomic E-state index is -0.104. The van der Waals surface area contributed by atoms with Crippen LogP contribution in [-0.4, -0.2) is 30.2 Å². The molecule has 1 saturated heterocycles. The zero-order valence-corrected chi connectivity index (χ0v) is 4.35. The Morgan fingerprint density at radius 2 is 2.75 bits per heavy atom. The van der Waals surface area contributed by atoms with Crippen molar-refractivity contribution >= 4 is 5.94 Å². The predicted octanol–water partition coefficient (Wildman–Crippen LogP) is -1.29. The Morgan fingerprint density at radius 1 is 2.00 bits per heavy atom. The van der Waals surface area contributed by atoms with Gasteiger partial charge in [0.25, 0.3) is 0 Å². The van der Waals surface area contributed by atoms with Gasteiger partial charge in [0.05, 0.1) is 12.6 Å². The molecule has 0 saturated carbocycles. The molecule has 0 aromatic heterocycles. The van der Waals surface area contributed by atoms with Gasteiger partial charge >= 0.3 is 0 Å². The smallest absolute Gasteiger partial charge is 0.126 e. The molecule has 0 bridgehead atoms. The SMILES string of the molecule is O=C=C1CNC1CO. The average Bonchev–Trinajstić information content (AvgIpc) is 1.66. The van der Waals surface area contributed by atoms with Crippen LogP contribution in [0.2, 0.25) is 0 Å². The third-order valence-electron chi connectivity index (χ3n) is 1.27. The van der Waals surface area contributed by atoms with Gasteiger partial charge in [-0.1, -0.05) is 0 Å². The van der Waals surface area contributed by atoms with E-state index in [1.807, 2.05) is 0 Å². The van der Waals surface area contributed by atoms with E-state index >= 15 is 0 Å². The van der Waals surface area contributed by atoms with Crippen molar-refractivity contribution in [3.05, 3.63) is 5.57 Å². The van der Waals surface area contributed by atoms with Crippen molar-refractivity contribution in [3.63, 3.8) is 0 Å². The van der Waals surface area contributed by atoms with Gasteiger partial charge in [-0.15, -0.1) is 0 Å². The van der Waals surface area contributed by atoms with E-state index in [1.54, 1.807) is 5.94 Å². The number of aliphatic hydroxyl groups is 1. The van der Waals surface area contributed by atoms with Crippen LogP contribution in [-0.2, 0) is 4.79 Å². The van der Waals surface area contributed by atoms with E-state index in [2.05, 4.69) is 5.32 Å². The maximum absolute atomic E-state index is 9.84. The van der Waals surface area contributed by atoms with E-state index in [-0.39, 0.29) is 12.6 Å². The Kier molecular flexibility index (Phi) is 1.44. The predicted molar refractivity (Wildman–Crippen MR) is 28.1 cm³/mol. The fraction of sp³-hybridized carbons (Fsp3) is 0.600. The summed E-state index contributed by atoms with van der Waals surface area (Å²) in [6.45, 7) is 0.597. The lowest BCUT2D eigenvalue weighted by Crippen LogP contribution is -2.48. The highest BCUT2D eigenvalue weighted by atomic mass is 16.3. The van der Waals surface area contributed by atoms with E-state index in [0.29, 0.717) is 12.1 Å². The second kappa shape index (κ2) is 2.09. The summed E-state index contributed by atoms with van der Waals surface area (Å²) in [4.78, 5) is 9.84. The Hall–Kier alpha value is -0.630. The highest BCUT2D eigenvalue weighted by Gasteiger charge is 2.22. The molecule has 1 aliphatic rings. The first-order valence-electron chi connectivity index (χ1n) is 2.46. The van der Waals surface area contributed by atoms with Crippen LogP contribution >= 0.6 is 0 Å². The van der Waals surface area contributed by atoms with E-state index in [9.17, 15) is 4.79 Å². The fourth-order valence-corrected chi connectivity index (χ4v) is 0.630. The third-order valence-corrected chi connectivity index (χ3v) is 1.27. The van der Waals surface area contributed by atoms with Crippen molar-refractivity contribution in [2.45, 2.75) is 6.04 Å². The van der Waals surface area contributed by atoms with Gasteiger partial charge in [-0.2, -0.15) is 0 Å². The number of hydrogen-bond donors (Lipinski definition) is 2. The molecule has 0 aliphatic carbocycles. The molecular weight excluding hydrogens is 106 g/mol. The first kappa shape index (κ1) is 5.51. The van der Waals surface area contributed by atoms with Crippen molar-refractivity contribution < 1.29 is 9.90 Å². The highest BCUT2D eigenvalue weighted by molar-refractivity contribution is 5.57. The number of aliphatic hydroxyl groups excluding tert-OH is 1. The number of hydrogen-bond acceptors (Lipinski definition) is 3. The normalized spacial score (nSPS) is 26.6. The molecule has 0 aromatic carbocycles. The summed E-state index contributed by atoms with van der Waals surface area (Å²) in [7, 11) is 0. The molecule has 1 aliphatic heterocycles. The number of rotatable bonds is 1. The van der Waals surface area contributed by atoms with Gasteiger partial charge < -0.3 is 10.4 Å². The monoisotopic (exact) mass is 113 g/mol. The topological polar surface area (TPSA) is 49.3 Å². The molecule has 1 rings (SSSR count). The summed E-state index contributed by atoms with van der Waals surface area (Å²) in [5.41, 5.74) is 0.646. The van der Waals surface area contributed by atoms with E-state index in [1.165, 1.54) is 0 Å². The van der Waals surface area contributed by atoms with Gasteiger partial charge in [-0.3, -0.25) is 0 Å². The van der Waals surface area contributed by atoms with Crippen LogP contribution in [0, 0.1) is 0 Å². The molecule has 1 unspecified atom stereocenters. The zero-order valence-electron chi connectivity index (χ0n) is 4.35. The lowest BCUT2D eigenvalue weighted by Gasteiger charge is -2.26. The van der Waals surface area contributed by atoms with Crippen LogP contribution in [0.1, 0.15) is 0 Å². The third kappa shape index (κ3) is 0.670. The Balaban J connectivity index is 2.50. The fourth-order valence-electron chi connectivity index (χ4n) is 0.630. The van der Waals surface area contributed by atoms with E-state index < -0.39 is 0 Å². The van der Waals surface area contributed by atoms with Crippen LogP contribution in [0.25, 0.3) is 0 Å². The molecule has 2 N–H and O–H groups in total. The van der Waals surface area contributed by atoms with Crippen LogP contribution in [0.15, 0.2) is 5.57 Å². The molecule has 0 radical (unpaired) electrons. The van der Waals surface area contributed by atoms with Gasteiger partial charge in [0.2, 0.25) is 0 Å². The average molecular weight is 113 g/mol. The summed E-state index contributed by atoms with van der Waals surface area (Å²) < 4.78 is 0. The van der Waals surface area contributed by atoms with Crippen molar-refractivity contribution in [1.82, 2.24) is 5.32 Å². The Bertz CT molecular complexity index is 135. The lowest BCUT2D eigenvalue weighted by atomic mass is 10.0. The van der Waals surface area contributed by atoms with Crippen LogP contribution < -0.4 is 5.32 Å². The molecule has 0 amide bonds. The first-order chi connectivity index (χ1) is 3.88. The van der Waals surface area contributed by atoms with Crippen molar-refractivity contribution in [3.8, 4) is 0 Å². The van der Waals surface area contributed by atoms with Crippen molar-refractivity contribution in [2.24, 2.45) is 0 Å². The molecule has 0 aromatic rings. The summed E-state index contributed by atoms with van der Waals surface area (Å²) >= 11 is 0. The van der Waals surface area contributed by atoms with E-state index in [0.717, 1.165) is 0 Å². The first-order valence-corrected chi connectivity index (χ1v) is 2.46. The van der Waals surface area contributed by atoms with Gasteiger partial charge in [0, 0.05) is 12.1 Å². The van der Waals surface area contributed by atoms with Crippen molar-refractivity contribution in [1.29, 1.82) is 0 Å². The van der Waals surface area contributed by atoms with Gasteiger partial charge in [-0.05, 0) is 0 Å². The van der Waals surface area contributed by atoms with Gasteiger partial charge in [0.1, 0.15) is 5.94 Å². The highest BCUT2D eigenvalue weighted by Crippen LogP contribution is 2.05. The second-order valence-electron chi connectivity index (χ2n) is 1.74. The second-order valence-corrected chi connectivity index (χ2v) is 1.74. The number of carbonyl (C=O) groups excluding carboxylic acids is 1. The van der Waals surface area contributed by atoms with E-state index in [4.69, 9.17) is 5.11 Å². The quantitative estimate of drug-likeness (QED) is 0.416. The molecule has 3 heteroatoms. The van der Waals surface area contributed by atoms with Crippen LogP contribution in [0.4, 0.5) is 0 Å². The minimum absolute atomic E-state index is 0.00454. The zero-order chi connectivity index (χ0) is 5.98. The minimum Gasteiger partial charge on any atom is -0.394 e. The molecule has 0 spiro atoms. The van der Waals surface area contributed by atoms with Crippen LogP contribution in [0.5, 0.6) is 0 Å². The summed E-state index contributed by atoms with van der Waals surface area (Å²) in [5.74, 6) is 1.75. The molecule has 1 heterocycles. The maximum atomic E-state index is 9.84. The van der Waals surface area contributed by atoms with Gasteiger partial charge in [0.15, 0.2) is 0 Å². The Morgan fingerprint density at radius 3 is 2.88 bits per heavy atom. The number of nitrogens with one attached hydrogen (secondary N) is 1. The summed E-state index contributed by atoms with van der Waals surface area (Å²) in [6, 6.07) is -0.104. The molecular formula is C5H7NO2. The summed E-state index contributed by atoms with van der Waals surface area (Å²) in [6.07, 6.45) is 0. The Labute approximate surface area is 47.0 Å². The molecule has 8 heavy (non-hydrogen) atoms.